The summed E-state index contributed by atoms with van der Waals surface area (Å²) in [4.78, 5) is 44.1. The zero-order chi connectivity index (χ0) is 23.5. The molecule has 0 aliphatic heterocycles. The van der Waals surface area contributed by atoms with Gasteiger partial charge in [0.2, 0.25) is 5.91 Å². The number of carbonyl (C=O) groups excluding carboxylic acids is 2. The lowest BCUT2D eigenvalue weighted by Gasteiger charge is -2.21. The highest BCUT2D eigenvalue weighted by Crippen LogP contribution is 2.24. The number of fused-ring (bicyclic) bond motifs is 1. The molecule has 1 N–H and O–H groups in total. The normalized spacial score (nSPS) is 10.9. The van der Waals surface area contributed by atoms with E-state index in [9.17, 15) is 14.4 Å². The van der Waals surface area contributed by atoms with Gasteiger partial charge in [-0.3, -0.25) is 19.0 Å². The lowest BCUT2D eigenvalue weighted by atomic mass is 10.1. The molecule has 2 aromatic heterocycles. The highest BCUT2D eigenvalue weighted by Gasteiger charge is 2.20. The monoisotopic (exact) mass is 484 g/mol. The first-order valence-corrected chi connectivity index (χ1v) is 10.6. The summed E-state index contributed by atoms with van der Waals surface area (Å²) >= 11 is 12.1. The summed E-state index contributed by atoms with van der Waals surface area (Å²) in [5, 5.41) is 3.52. The van der Waals surface area contributed by atoms with Crippen molar-refractivity contribution < 1.29 is 14.0 Å². The van der Waals surface area contributed by atoms with E-state index in [4.69, 9.17) is 27.6 Å². The van der Waals surface area contributed by atoms with Crippen LogP contribution in [0.2, 0.25) is 10.0 Å². The lowest BCUT2D eigenvalue weighted by Crippen LogP contribution is -2.35. The summed E-state index contributed by atoms with van der Waals surface area (Å²) in [6.45, 7) is -0.0775. The van der Waals surface area contributed by atoms with Gasteiger partial charge in [-0.25, -0.2) is 4.98 Å². The Labute approximate surface area is 198 Å². The standard InChI is InChI=1S/C23H18Cl2N4O4/c1-28(19-7-3-2-6-16(19)22(31)26-11-15-5-4-8-33-15)20(30)12-29-13-27-21-17(23(29)32)9-14(24)10-18(21)25/h2-10,13H,11-12H2,1H3,(H,26,31). The molecule has 10 heteroatoms. The molecule has 8 nitrogen and oxygen atoms in total. The Morgan fingerprint density at radius 2 is 1.94 bits per heavy atom. The van der Waals surface area contributed by atoms with E-state index in [0.717, 1.165) is 0 Å². The molecule has 33 heavy (non-hydrogen) atoms. The molecule has 168 valence electrons. The van der Waals surface area contributed by atoms with Crippen LogP contribution in [0.25, 0.3) is 10.9 Å². The molecule has 2 amide bonds. The van der Waals surface area contributed by atoms with Gasteiger partial charge in [0.25, 0.3) is 11.5 Å². The number of halogens is 2. The minimum Gasteiger partial charge on any atom is -0.467 e. The molecule has 0 aliphatic rings. The molecular weight excluding hydrogens is 467 g/mol. The fraction of sp³-hybridized carbons (Fsp3) is 0.130. The highest BCUT2D eigenvalue weighted by atomic mass is 35.5. The van der Waals surface area contributed by atoms with Crippen LogP contribution < -0.4 is 15.8 Å². The Bertz CT molecular complexity index is 1400. The predicted molar refractivity (Wildman–Crippen MR) is 126 cm³/mol. The first kappa shape index (κ1) is 22.6. The Balaban J connectivity index is 1.56. The van der Waals surface area contributed by atoms with Crippen LogP contribution in [0.1, 0.15) is 16.1 Å². The molecular formula is C23H18Cl2N4O4. The van der Waals surface area contributed by atoms with Crippen LogP contribution >= 0.6 is 23.2 Å². The van der Waals surface area contributed by atoms with Gasteiger partial charge >= 0.3 is 0 Å². The number of para-hydroxylation sites is 1. The summed E-state index contributed by atoms with van der Waals surface area (Å²) in [6, 6.07) is 13.1. The minimum atomic E-state index is -0.448. The van der Waals surface area contributed by atoms with Crippen LogP contribution in [0.3, 0.4) is 0 Å². The average Bonchev–Trinajstić information content (AvgIpc) is 3.33. The van der Waals surface area contributed by atoms with Gasteiger partial charge < -0.3 is 14.6 Å². The second kappa shape index (κ2) is 9.48. The number of likely N-dealkylation sites (N-methyl/N-ethyl adjacent to an activating group) is 1. The fourth-order valence-corrected chi connectivity index (χ4v) is 3.87. The number of anilines is 1. The molecule has 2 heterocycles. The Hall–Kier alpha value is -3.62. The molecule has 0 spiro atoms. The lowest BCUT2D eigenvalue weighted by molar-refractivity contribution is -0.118. The van der Waals surface area contributed by atoms with E-state index in [1.165, 1.54) is 41.2 Å². The van der Waals surface area contributed by atoms with Crippen molar-refractivity contribution in [2.75, 3.05) is 11.9 Å². The number of benzene rings is 2. The van der Waals surface area contributed by atoms with Gasteiger partial charge in [-0.15, -0.1) is 0 Å². The van der Waals surface area contributed by atoms with Gasteiger partial charge in [-0.05, 0) is 36.4 Å². The summed E-state index contributed by atoms with van der Waals surface area (Å²) in [5.74, 6) is -0.179. The second-order valence-corrected chi connectivity index (χ2v) is 8.04. The predicted octanol–water partition coefficient (Wildman–Crippen LogP) is 3.89. The van der Waals surface area contributed by atoms with Gasteiger partial charge in [0.15, 0.2) is 0 Å². The molecule has 0 saturated heterocycles. The van der Waals surface area contributed by atoms with Crippen molar-refractivity contribution in [3.63, 3.8) is 0 Å². The van der Waals surface area contributed by atoms with Crippen molar-refractivity contribution in [3.05, 3.63) is 92.8 Å². The van der Waals surface area contributed by atoms with Gasteiger partial charge in [0.05, 0.1) is 46.3 Å². The van der Waals surface area contributed by atoms with Crippen LogP contribution in [0, 0.1) is 0 Å². The molecule has 4 rings (SSSR count). The average molecular weight is 485 g/mol. The summed E-state index contributed by atoms with van der Waals surface area (Å²) in [7, 11) is 1.54. The van der Waals surface area contributed by atoms with Crippen molar-refractivity contribution in [1.29, 1.82) is 0 Å². The molecule has 0 atom stereocenters. The van der Waals surface area contributed by atoms with Gasteiger partial charge in [-0.1, -0.05) is 35.3 Å². The highest BCUT2D eigenvalue weighted by molar-refractivity contribution is 6.38. The first-order valence-electron chi connectivity index (χ1n) is 9.85. The second-order valence-electron chi connectivity index (χ2n) is 7.19. The van der Waals surface area contributed by atoms with Crippen molar-refractivity contribution in [2.24, 2.45) is 0 Å². The van der Waals surface area contributed by atoms with Crippen molar-refractivity contribution in [1.82, 2.24) is 14.9 Å². The van der Waals surface area contributed by atoms with Crippen LogP contribution in [0.5, 0.6) is 0 Å². The largest absolute Gasteiger partial charge is 0.467 e. The first-order chi connectivity index (χ1) is 15.8. The van der Waals surface area contributed by atoms with E-state index in [1.807, 2.05) is 0 Å². The Kier molecular flexibility index (Phi) is 6.48. The number of hydrogen-bond donors (Lipinski definition) is 1. The van der Waals surface area contributed by atoms with Crippen molar-refractivity contribution >= 4 is 51.6 Å². The van der Waals surface area contributed by atoms with E-state index in [2.05, 4.69) is 10.3 Å². The number of aromatic nitrogens is 2. The van der Waals surface area contributed by atoms with Crippen LogP contribution in [-0.2, 0) is 17.9 Å². The fourth-order valence-electron chi connectivity index (χ4n) is 3.33. The SMILES string of the molecule is CN(C(=O)Cn1cnc2c(Cl)cc(Cl)cc2c1=O)c1ccccc1C(=O)NCc1ccco1. The quantitative estimate of drug-likeness (QED) is 0.447. The molecule has 0 saturated carbocycles. The van der Waals surface area contributed by atoms with E-state index in [1.54, 1.807) is 36.4 Å². The van der Waals surface area contributed by atoms with Crippen molar-refractivity contribution in [2.45, 2.75) is 13.1 Å². The Morgan fingerprint density at radius 1 is 1.15 bits per heavy atom. The smallest absolute Gasteiger partial charge is 0.261 e. The van der Waals surface area contributed by atoms with Crippen molar-refractivity contribution in [3.8, 4) is 0 Å². The molecule has 0 aliphatic carbocycles. The molecule has 0 unspecified atom stereocenters. The number of amides is 2. The molecule has 2 aromatic carbocycles. The maximum absolute atomic E-state index is 13.0. The maximum Gasteiger partial charge on any atom is 0.261 e. The number of nitrogens with one attached hydrogen (secondary N) is 1. The third kappa shape index (κ3) is 4.76. The van der Waals surface area contributed by atoms with Gasteiger partial charge in [0.1, 0.15) is 12.3 Å². The zero-order valence-corrected chi connectivity index (χ0v) is 18.9. The zero-order valence-electron chi connectivity index (χ0n) is 17.4. The molecule has 0 bridgehead atoms. The molecule has 4 aromatic rings. The van der Waals surface area contributed by atoms with Gasteiger partial charge in [-0.2, -0.15) is 0 Å². The van der Waals surface area contributed by atoms with E-state index >= 15 is 0 Å². The van der Waals surface area contributed by atoms with E-state index < -0.39 is 11.5 Å². The number of furan rings is 1. The number of rotatable bonds is 6. The minimum absolute atomic E-state index is 0.209. The van der Waals surface area contributed by atoms with Gasteiger partial charge in [0, 0.05) is 12.1 Å². The van der Waals surface area contributed by atoms with Crippen LogP contribution in [0.4, 0.5) is 5.69 Å². The van der Waals surface area contributed by atoms with Crippen LogP contribution in [0.15, 0.2) is 70.3 Å². The number of nitrogens with zero attached hydrogens (tertiary/aromatic N) is 3. The number of carbonyl (C=O) groups is 2. The number of hydrogen-bond acceptors (Lipinski definition) is 5. The molecule has 0 fully saturated rings. The van der Waals surface area contributed by atoms with E-state index in [0.29, 0.717) is 27.6 Å². The third-order valence-corrected chi connectivity index (χ3v) is 5.55. The summed E-state index contributed by atoms with van der Waals surface area (Å²) in [5.41, 5.74) is 0.562. The topological polar surface area (TPSA) is 97.4 Å². The third-order valence-electron chi connectivity index (χ3n) is 5.04. The Morgan fingerprint density at radius 3 is 2.70 bits per heavy atom. The van der Waals surface area contributed by atoms with E-state index in [-0.39, 0.29) is 29.4 Å². The maximum atomic E-state index is 13.0. The molecule has 0 radical (unpaired) electrons. The summed E-state index contributed by atoms with van der Waals surface area (Å²) in [6.07, 6.45) is 2.78. The summed E-state index contributed by atoms with van der Waals surface area (Å²) < 4.78 is 6.40. The van der Waals surface area contributed by atoms with Crippen LogP contribution in [-0.4, -0.2) is 28.4 Å².